The van der Waals surface area contributed by atoms with Gasteiger partial charge in [-0.25, -0.2) is 23.5 Å². The standard InChI is InChI=1S/C45H39N3O17P2/c49-39-23-24-47(45(54)48(39)25-36-35-13-7-8-14-37(35)64-46-36)42-41(51)40(50)38(63-42)28-58-66(55,56)65-67(57,59-26-29-15-19-33(20-16-29)61-43(52)31-9-3-1-4-10-31)60-27-30-17-21-34(22-18-30)62-44(53)32-11-5-2-6-12-32/h1-24,38,40-42,50-51H,25-28H2,(H,55,56). The van der Waals surface area contributed by atoms with E-state index in [1.807, 2.05) is 0 Å². The molecule has 0 saturated carbocycles. The molecule has 1 saturated heterocycles. The fourth-order valence-electron chi connectivity index (χ4n) is 6.67. The summed E-state index contributed by atoms with van der Waals surface area (Å²) in [6.45, 7) is -2.33. The molecule has 20 nitrogen and oxygen atoms in total. The van der Waals surface area contributed by atoms with Crippen molar-refractivity contribution in [2.24, 2.45) is 0 Å². The minimum absolute atomic E-state index is 0.176. The molecule has 67 heavy (non-hydrogen) atoms. The Hall–Kier alpha value is -6.67. The Bertz CT molecular complexity index is 2970. The lowest BCUT2D eigenvalue weighted by molar-refractivity contribution is -0.0549. The summed E-state index contributed by atoms with van der Waals surface area (Å²) in [6.07, 6.45) is -5.78. The Morgan fingerprint density at radius 2 is 1.21 bits per heavy atom. The summed E-state index contributed by atoms with van der Waals surface area (Å²) in [5, 5.41) is 26.4. The van der Waals surface area contributed by atoms with Crippen LogP contribution in [0.25, 0.3) is 11.0 Å². The molecule has 2 aromatic heterocycles. The number of esters is 2. The van der Waals surface area contributed by atoms with Gasteiger partial charge in [-0.15, -0.1) is 0 Å². The van der Waals surface area contributed by atoms with Crippen molar-refractivity contribution in [3.63, 3.8) is 0 Å². The maximum atomic E-state index is 14.1. The second-order valence-corrected chi connectivity index (χ2v) is 18.0. The Kier molecular flexibility index (Phi) is 14.3. The van der Waals surface area contributed by atoms with Crippen LogP contribution in [0.3, 0.4) is 0 Å². The highest BCUT2D eigenvalue weighted by molar-refractivity contribution is 7.61. The molecule has 0 spiro atoms. The summed E-state index contributed by atoms with van der Waals surface area (Å²) in [7, 11) is -10.5. The lowest BCUT2D eigenvalue weighted by Crippen LogP contribution is -2.43. The second-order valence-electron chi connectivity index (χ2n) is 14.7. The zero-order chi connectivity index (χ0) is 47.1. The van der Waals surface area contributed by atoms with Crippen LogP contribution >= 0.6 is 15.6 Å². The highest BCUT2D eigenvalue weighted by Crippen LogP contribution is 2.64. The van der Waals surface area contributed by atoms with Gasteiger partial charge in [-0.1, -0.05) is 78.0 Å². The molecule has 0 radical (unpaired) electrons. The van der Waals surface area contributed by atoms with Crippen LogP contribution in [0.4, 0.5) is 0 Å². The number of aliphatic hydroxyl groups is 2. The first kappa shape index (κ1) is 46.8. The zero-order valence-electron chi connectivity index (χ0n) is 34.8. The first-order valence-electron chi connectivity index (χ1n) is 20.2. The van der Waals surface area contributed by atoms with Gasteiger partial charge in [0.1, 0.15) is 35.5 Å². The van der Waals surface area contributed by atoms with E-state index in [9.17, 15) is 43.4 Å². The van der Waals surface area contributed by atoms with Crippen molar-refractivity contribution >= 4 is 38.6 Å². The topological polar surface area (TPSA) is 264 Å². The lowest BCUT2D eigenvalue weighted by atomic mass is 10.1. The van der Waals surface area contributed by atoms with E-state index < -0.39 is 83.2 Å². The molecule has 5 atom stereocenters. The molecule has 0 bridgehead atoms. The van der Waals surface area contributed by atoms with Crippen LogP contribution < -0.4 is 20.7 Å². The van der Waals surface area contributed by atoms with Crippen molar-refractivity contribution in [3.05, 3.63) is 195 Å². The van der Waals surface area contributed by atoms with E-state index in [0.717, 1.165) is 21.4 Å². The average Bonchev–Trinajstić information content (AvgIpc) is 3.88. The van der Waals surface area contributed by atoms with Crippen LogP contribution in [0, 0.1) is 0 Å². The minimum atomic E-state index is -5.46. The minimum Gasteiger partial charge on any atom is -0.423 e. The number of carbonyl (C=O) groups excluding carboxylic acids is 2. The number of benzene rings is 5. The van der Waals surface area contributed by atoms with Crippen molar-refractivity contribution in [1.82, 2.24) is 14.3 Å². The van der Waals surface area contributed by atoms with Gasteiger partial charge in [0, 0.05) is 17.6 Å². The number of ether oxygens (including phenoxy) is 3. The fourth-order valence-corrected chi connectivity index (χ4v) is 9.27. The molecule has 7 aromatic rings. The predicted octanol–water partition coefficient (Wildman–Crippen LogP) is 5.93. The SMILES string of the molecule is O=C(Oc1ccc(COP(=O)(OCc2ccc(OC(=O)c3ccccc3)cc2)OP(=O)(O)OCC2OC(n3ccc(=O)n(Cc4noc5ccccc45)c3=O)C(O)C2O)cc1)c1ccccc1. The molecule has 5 unspecified atom stereocenters. The molecule has 3 N–H and O–H groups in total. The van der Waals surface area contributed by atoms with Crippen molar-refractivity contribution < 1.29 is 70.4 Å². The first-order valence-corrected chi connectivity index (χ1v) is 23.2. The van der Waals surface area contributed by atoms with E-state index in [-0.39, 0.29) is 23.7 Å². The van der Waals surface area contributed by atoms with Crippen molar-refractivity contribution in [2.75, 3.05) is 6.61 Å². The maximum Gasteiger partial charge on any atom is 0.484 e. The monoisotopic (exact) mass is 955 g/mol. The number of para-hydroxylation sites is 1. The Morgan fingerprint density at radius 1 is 0.672 bits per heavy atom. The van der Waals surface area contributed by atoms with Gasteiger partial charge in [-0.2, -0.15) is 4.31 Å². The van der Waals surface area contributed by atoms with Crippen LogP contribution in [0.2, 0.25) is 0 Å². The van der Waals surface area contributed by atoms with E-state index in [1.165, 1.54) is 48.5 Å². The number of nitrogens with zero attached hydrogens (tertiary/aromatic N) is 3. The fraction of sp³-hybridized carbons (Fsp3) is 0.178. The molecule has 1 aliphatic heterocycles. The molecule has 1 aliphatic rings. The van der Waals surface area contributed by atoms with Gasteiger partial charge in [0.2, 0.25) is 0 Å². The summed E-state index contributed by atoms with van der Waals surface area (Å²) >= 11 is 0. The molecule has 346 valence electrons. The van der Waals surface area contributed by atoms with E-state index in [4.69, 9.17) is 36.6 Å². The lowest BCUT2D eigenvalue weighted by Gasteiger charge is -2.22. The van der Waals surface area contributed by atoms with Gasteiger partial charge in [0.25, 0.3) is 5.56 Å². The zero-order valence-corrected chi connectivity index (χ0v) is 36.6. The van der Waals surface area contributed by atoms with E-state index in [0.29, 0.717) is 33.2 Å². The van der Waals surface area contributed by atoms with Gasteiger partial charge in [-0.05, 0) is 71.8 Å². The molecule has 3 heterocycles. The Balaban J connectivity index is 0.937. The summed E-state index contributed by atoms with van der Waals surface area (Å²) in [5.41, 5.74) is 0.350. The van der Waals surface area contributed by atoms with Gasteiger partial charge in [0.05, 0.1) is 37.5 Å². The maximum absolute atomic E-state index is 14.1. The predicted molar refractivity (Wildman–Crippen MR) is 234 cm³/mol. The molecule has 5 aromatic carbocycles. The van der Waals surface area contributed by atoms with Gasteiger partial charge in [0.15, 0.2) is 11.8 Å². The van der Waals surface area contributed by atoms with E-state index in [2.05, 4.69) is 5.16 Å². The third-order valence-electron chi connectivity index (χ3n) is 10.1. The second kappa shape index (κ2) is 20.5. The van der Waals surface area contributed by atoms with E-state index >= 15 is 0 Å². The molecular weight excluding hydrogens is 916 g/mol. The number of phosphoric ester groups is 2. The van der Waals surface area contributed by atoms with E-state index in [1.54, 1.807) is 84.9 Å². The highest BCUT2D eigenvalue weighted by atomic mass is 31.3. The van der Waals surface area contributed by atoms with Gasteiger partial charge in [-0.3, -0.25) is 27.5 Å². The molecule has 8 rings (SSSR count). The third-order valence-corrected chi connectivity index (χ3v) is 13.1. The molecule has 1 fully saturated rings. The quantitative estimate of drug-likeness (QED) is 0.0511. The number of carbonyl (C=O) groups is 2. The smallest absolute Gasteiger partial charge is 0.423 e. The first-order chi connectivity index (χ1) is 32.2. The summed E-state index contributed by atoms with van der Waals surface area (Å²) in [6, 6.07) is 36.0. The molecule has 0 aliphatic carbocycles. The summed E-state index contributed by atoms with van der Waals surface area (Å²) in [4.78, 5) is 62.3. The largest absolute Gasteiger partial charge is 0.484 e. The molecule has 0 amide bonds. The number of hydrogen-bond donors (Lipinski definition) is 3. The highest BCUT2D eigenvalue weighted by Gasteiger charge is 2.46. The van der Waals surface area contributed by atoms with Crippen molar-refractivity contribution in [3.8, 4) is 11.5 Å². The Labute approximate surface area is 379 Å². The number of hydrogen-bond acceptors (Lipinski definition) is 17. The number of aliphatic hydroxyl groups excluding tert-OH is 2. The summed E-state index contributed by atoms with van der Waals surface area (Å²) in [5.74, 6) is -0.860. The molecular formula is C45H39N3O17P2. The molecule has 22 heteroatoms. The van der Waals surface area contributed by atoms with Crippen LogP contribution in [-0.2, 0) is 51.5 Å². The van der Waals surface area contributed by atoms with Crippen LogP contribution in [0.1, 0.15) is 43.8 Å². The van der Waals surface area contributed by atoms with Gasteiger partial charge < -0.3 is 33.8 Å². The van der Waals surface area contributed by atoms with Crippen LogP contribution in [0.15, 0.2) is 160 Å². The number of aromatic nitrogens is 3. The van der Waals surface area contributed by atoms with Gasteiger partial charge >= 0.3 is 33.3 Å². The van der Waals surface area contributed by atoms with Crippen molar-refractivity contribution in [1.29, 1.82) is 0 Å². The average molecular weight is 956 g/mol. The Morgan fingerprint density at radius 3 is 1.78 bits per heavy atom. The number of rotatable bonds is 18. The normalized spacial score (nSPS) is 18.1. The third kappa shape index (κ3) is 11.5. The van der Waals surface area contributed by atoms with Crippen LogP contribution in [0.5, 0.6) is 11.5 Å². The summed E-state index contributed by atoms with van der Waals surface area (Å²) < 4.78 is 72.1. The number of phosphoric acid groups is 2. The van der Waals surface area contributed by atoms with Crippen molar-refractivity contribution in [2.45, 2.75) is 44.3 Å². The number of fused-ring (bicyclic) bond motifs is 1. The van der Waals surface area contributed by atoms with Crippen LogP contribution in [-0.4, -0.2) is 66.3 Å².